The number of anilines is 2. The van der Waals surface area contributed by atoms with Crippen molar-refractivity contribution in [3.63, 3.8) is 0 Å². The molecule has 3 heteroatoms. The number of ether oxygens (including phenoxy) is 1. The van der Waals surface area contributed by atoms with Crippen molar-refractivity contribution in [1.29, 1.82) is 0 Å². The van der Waals surface area contributed by atoms with Crippen LogP contribution in [0.5, 0.6) is 0 Å². The monoisotopic (exact) mass is 413 g/mol. The van der Waals surface area contributed by atoms with Crippen molar-refractivity contribution in [3.8, 4) is 0 Å². The molecule has 3 nitrogen and oxygen atoms in total. The van der Waals surface area contributed by atoms with Gasteiger partial charge in [-0.15, -0.1) is 0 Å². The number of carbonyl (C=O) groups excluding carboxylic acids is 1. The number of hydrogen-bond donors (Lipinski definition) is 0. The first-order valence-electron chi connectivity index (χ1n) is 12.0. The molecule has 1 heterocycles. The third kappa shape index (κ3) is 3.04. The number of nitrogens with zero attached hydrogens (tertiary/aromatic N) is 1. The molecule has 160 valence electrons. The second-order valence-corrected chi connectivity index (χ2v) is 10.1. The van der Waals surface area contributed by atoms with Gasteiger partial charge < -0.3 is 9.64 Å². The molecule has 0 aromatic heterocycles. The average molecular weight is 414 g/mol. The van der Waals surface area contributed by atoms with E-state index in [1.54, 1.807) is 5.57 Å². The summed E-state index contributed by atoms with van der Waals surface area (Å²) in [5.74, 6) is 3.21. The number of para-hydroxylation sites is 1. The van der Waals surface area contributed by atoms with Crippen LogP contribution in [-0.2, 0) is 9.53 Å². The number of esters is 1. The van der Waals surface area contributed by atoms with Crippen LogP contribution in [0, 0.1) is 30.6 Å². The summed E-state index contributed by atoms with van der Waals surface area (Å²) >= 11 is 0. The Morgan fingerprint density at radius 1 is 0.935 bits per heavy atom. The van der Waals surface area contributed by atoms with E-state index in [9.17, 15) is 4.79 Å². The number of benzene rings is 2. The molecule has 4 aliphatic carbocycles. The van der Waals surface area contributed by atoms with E-state index in [1.807, 2.05) is 6.92 Å². The maximum absolute atomic E-state index is 12.5. The third-order valence-corrected chi connectivity index (χ3v) is 8.08. The first-order valence-corrected chi connectivity index (χ1v) is 12.0. The van der Waals surface area contributed by atoms with Gasteiger partial charge >= 0.3 is 5.97 Å². The van der Waals surface area contributed by atoms with Crippen LogP contribution in [0.15, 0.2) is 48.0 Å². The molecular weight excluding hydrogens is 382 g/mol. The summed E-state index contributed by atoms with van der Waals surface area (Å²) in [6.45, 7) is 4.67. The zero-order chi connectivity index (χ0) is 21.1. The number of allylic oxidation sites excluding steroid dienone is 1. The van der Waals surface area contributed by atoms with Crippen LogP contribution < -0.4 is 4.90 Å². The molecule has 0 spiro atoms. The SMILES string of the molecule is CCOC(=O)CN1c2ccccc2C(=C2C3CC4CC(C3)CC2C4)c2ccc(C)cc21. The highest BCUT2D eigenvalue weighted by molar-refractivity contribution is 6.01. The van der Waals surface area contributed by atoms with Gasteiger partial charge in [0, 0.05) is 22.5 Å². The van der Waals surface area contributed by atoms with E-state index in [0.717, 1.165) is 35.0 Å². The summed E-state index contributed by atoms with van der Waals surface area (Å²) in [5.41, 5.74) is 9.32. The number of rotatable bonds is 3. The van der Waals surface area contributed by atoms with Crippen molar-refractivity contribution in [1.82, 2.24) is 0 Å². The Bertz CT molecular complexity index is 1050. The molecule has 5 aliphatic rings. The minimum absolute atomic E-state index is 0.171. The van der Waals surface area contributed by atoms with Crippen LogP contribution in [0.25, 0.3) is 5.57 Å². The molecule has 0 radical (unpaired) electrons. The lowest BCUT2D eigenvalue weighted by Crippen LogP contribution is -2.41. The van der Waals surface area contributed by atoms with E-state index in [2.05, 4.69) is 54.3 Å². The van der Waals surface area contributed by atoms with Crippen LogP contribution in [0.3, 0.4) is 0 Å². The highest BCUT2D eigenvalue weighted by Crippen LogP contribution is 2.60. The Labute approximate surface area is 185 Å². The van der Waals surface area contributed by atoms with Crippen molar-refractivity contribution in [2.24, 2.45) is 23.7 Å². The maximum atomic E-state index is 12.5. The Balaban J connectivity index is 1.56. The second-order valence-electron chi connectivity index (χ2n) is 10.1. The lowest BCUT2D eigenvalue weighted by atomic mass is 9.53. The van der Waals surface area contributed by atoms with E-state index in [0.29, 0.717) is 6.61 Å². The predicted molar refractivity (Wildman–Crippen MR) is 124 cm³/mol. The van der Waals surface area contributed by atoms with Crippen LogP contribution in [0.4, 0.5) is 11.4 Å². The Kier molecular flexibility index (Phi) is 4.48. The van der Waals surface area contributed by atoms with Gasteiger partial charge in [-0.1, -0.05) is 35.9 Å². The predicted octanol–water partition coefficient (Wildman–Crippen LogP) is 6.27. The van der Waals surface area contributed by atoms with Crippen molar-refractivity contribution >= 4 is 22.9 Å². The molecule has 2 aromatic rings. The fourth-order valence-corrected chi connectivity index (χ4v) is 7.19. The molecule has 0 amide bonds. The van der Waals surface area contributed by atoms with Gasteiger partial charge in [0.1, 0.15) is 6.54 Å². The van der Waals surface area contributed by atoms with E-state index >= 15 is 0 Å². The van der Waals surface area contributed by atoms with Crippen molar-refractivity contribution in [2.45, 2.75) is 46.0 Å². The molecule has 0 atom stereocenters. The van der Waals surface area contributed by atoms with E-state index in [4.69, 9.17) is 4.74 Å². The van der Waals surface area contributed by atoms with E-state index in [1.165, 1.54) is 54.4 Å². The first-order chi connectivity index (χ1) is 15.1. The molecule has 4 bridgehead atoms. The van der Waals surface area contributed by atoms with E-state index < -0.39 is 0 Å². The lowest BCUT2D eigenvalue weighted by molar-refractivity contribution is -0.141. The molecule has 1 aliphatic heterocycles. The lowest BCUT2D eigenvalue weighted by Gasteiger charge is -2.53. The highest BCUT2D eigenvalue weighted by atomic mass is 16.5. The minimum Gasteiger partial charge on any atom is -0.465 e. The Morgan fingerprint density at radius 2 is 1.61 bits per heavy atom. The largest absolute Gasteiger partial charge is 0.465 e. The van der Waals surface area contributed by atoms with Crippen molar-refractivity contribution < 1.29 is 9.53 Å². The fraction of sp³-hybridized carbons (Fsp3) is 0.464. The molecular formula is C28H31NO2. The van der Waals surface area contributed by atoms with Crippen LogP contribution in [-0.4, -0.2) is 19.1 Å². The number of aryl methyl sites for hydroxylation is 1. The number of hydrogen-bond acceptors (Lipinski definition) is 3. The minimum atomic E-state index is -0.171. The van der Waals surface area contributed by atoms with Crippen LogP contribution in [0.2, 0.25) is 0 Å². The quantitative estimate of drug-likeness (QED) is 0.556. The van der Waals surface area contributed by atoms with Gasteiger partial charge in [0.05, 0.1) is 6.61 Å². The van der Waals surface area contributed by atoms with Crippen molar-refractivity contribution in [3.05, 3.63) is 64.7 Å². The zero-order valence-electron chi connectivity index (χ0n) is 18.6. The van der Waals surface area contributed by atoms with Gasteiger partial charge in [0.2, 0.25) is 0 Å². The van der Waals surface area contributed by atoms with E-state index in [-0.39, 0.29) is 12.5 Å². The van der Waals surface area contributed by atoms with Gasteiger partial charge in [-0.2, -0.15) is 0 Å². The zero-order valence-corrected chi connectivity index (χ0v) is 18.6. The Hall–Kier alpha value is -2.55. The molecule has 2 aromatic carbocycles. The molecule has 31 heavy (non-hydrogen) atoms. The average Bonchev–Trinajstić information content (AvgIpc) is 2.75. The molecule has 7 rings (SSSR count). The summed E-state index contributed by atoms with van der Waals surface area (Å²) in [6, 6.07) is 15.5. The van der Waals surface area contributed by atoms with Crippen molar-refractivity contribution in [2.75, 3.05) is 18.1 Å². The topological polar surface area (TPSA) is 29.5 Å². The van der Waals surface area contributed by atoms with Crippen LogP contribution >= 0.6 is 0 Å². The summed E-state index contributed by atoms with van der Waals surface area (Å²) < 4.78 is 5.33. The summed E-state index contributed by atoms with van der Waals surface area (Å²) in [7, 11) is 0. The molecule has 0 saturated heterocycles. The summed E-state index contributed by atoms with van der Waals surface area (Å²) in [5, 5.41) is 0. The van der Waals surface area contributed by atoms with Gasteiger partial charge in [-0.05, 0) is 92.9 Å². The summed E-state index contributed by atoms with van der Waals surface area (Å²) in [4.78, 5) is 14.7. The normalized spacial score (nSPS) is 27.9. The Morgan fingerprint density at radius 3 is 2.32 bits per heavy atom. The second kappa shape index (κ2) is 7.25. The molecule has 0 unspecified atom stereocenters. The fourth-order valence-electron chi connectivity index (χ4n) is 7.19. The number of fused-ring (bicyclic) bond motifs is 2. The molecule has 0 N–H and O–H groups in total. The third-order valence-electron chi connectivity index (χ3n) is 8.08. The standard InChI is InChI=1S/C28H31NO2/c1-3-31-26(30)16-29-24-7-5-4-6-22(24)28(23-9-8-17(2)10-25(23)29)27-20-12-18-11-19(14-20)15-21(27)13-18/h4-10,18-21H,3,11-16H2,1-2H3. The highest BCUT2D eigenvalue weighted by Gasteiger charge is 2.47. The smallest absolute Gasteiger partial charge is 0.325 e. The van der Waals surface area contributed by atoms with Gasteiger partial charge in [-0.3, -0.25) is 4.79 Å². The first kappa shape index (κ1) is 19.2. The van der Waals surface area contributed by atoms with Gasteiger partial charge in [0.25, 0.3) is 0 Å². The molecule has 4 fully saturated rings. The summed E-state index contributed by atoms with van der Waals surface area (Å²) in [6.07, 6.45) is 6.97. The maximum Gasteiger partial charge on any atom is 0.325 e. The molecule has 4 saturated carbocycles. The van der Waals surface area contributed by atoms with Crippen LogP contribution in [0.1, 0.15) is 55.7 Å². The number of carbonyl (C=O) groups is 1. The van der Waals surface area contributed by atoms with Gasteiger partial charge in [0.15, 0.2) is 0 Å². The van der Waals surface area contributed by atoms with Gasteiger partial charge in [-0.25, -0.2) is 0 Å².